The van der Waals surface area contributed by atoms with Crippen LogP contribution in [0.3, 0.4) is 0 Å². The van der Waals surface area contributed by atoms with Gasteiger partial charge in [0.1, 0.15) is 12.4 Å². The van der Waals surface area contributed by atoms with E-state index in [9.17, 15) is 4.79 Å². The van der Waals surface area contributed by atoms with Crippen molar-refractivity contribution in [2.24, 2.45) is 0 Å². The molecule has 0 spiro atoms. The van der Waals surface area contributed by atoms with E-state index in [1.54, 1.807) is 23.1 Å². The molecule has 28 heavy (non-hydrogen) atoms. The Balaban J connectivity index is 1.50. The number of nitrogens with one attached hydrogen (secondary N) is 1. The summed E-state index contributed by atoms with van der Waals surface area (Å²) < 4.78 is 7.56. The van der Waals surface area contributed by atoms with E-state index >= 15 is 0 Å². The molecule has 5 nitrogen and oxygen atoms in total. The van der Waals surface area contributed by atoms with Crippen LogP contribution in [-0.2, 0) is 13.2 Å². The number of rotatable bonds is 8. The molecule has 0 unspecified atom stereocenters. The molecule has 3 aromatic rings. The minimum absolute atomic E-state index is 0.117. The van der Waals surface area contributed by atoms with Crippen molar-refractivity contribution in [1.82, 2.24) is 15.1 Å². The molecule has 0 aliphatic heterocycles. The molecule has 0 bridgehead atoms. The van der Waals surface area contributed by atoms with Gasteiger partial charge in [-0.3, -0.25) is 9.48 Å². The van der Waals surface area contributed by atoms with Crippen molar-refractivity contribution < 1.29 is 9.53 Å². The number of hydrogen-bond donors (Lipinski definition) is 1. The number of hydrogen-bond acceptors (Lipinski definition) is 3. The van der Waals surface area contributed by atoms with Crippen molar-refractivity contribution >= 4 is 29.1 Å². The lowest BCUT2D eigenvalue weighted by Gasteiger charge is -2.10. The first kappa shape index (κ1) is 20.2. The summed E-state index contributed by atoms with van der Waals surface area (Å²) >= 11 is 12.0. The summed E-state index contributed by atoms with van der Waals surface area (Å²) in [6.07, 6.45) is 4.11. The molecular weight excluding hydrogens is 397 g/mol. The second kappa shape index (κ2) is 9.62. The van der Waals surface area contributed by atoms with Crippen LogP contribution in [-0.4, -0.2) is 22.2 Å². The fourth-order valence-electron chi connectivity index (χ4n) is 2.69. The third-order valence-electron chi connectivity index (χ3n) is 4.12. The van der Waals surface area contributed by atoms with Crippen molar-refractivity contribution in [2.75, 3.05) is 6.54 Å². The van der Waals surface area contributed by atoms with Gasteiger partial charge in [0, 0.05) is 24.8 Å². The minimum atomic E-state index is -0.117. The summed E-state index contributed by atoms with van der Waals surface area (Å²) in [5.41, 5.74) is 2.57. The largest absolute Gasteiger partial charge is 0.487 e. The molecule has 146 valence electrons. The highest BCUT2D eigenvalue weighted by molar-refractivity contribution is 6.32. The first-order chi connectivity index (χ1) is 13.5. The van der Waals surface area contributed by atoms with E-state index in [1.807, 2.05) is 43.3 Å². The molecule has 0 radical (unpaired) electrons. The number of carbonyl (C=O) groups excluding carboxylic acids is 1. The predicted octanol–water partition coefficient (Wildman–Crippen LogP) is 4.90. The molecule has 0 fully saturated rings. The van der Waals surface area contributed by atoms with Gasteiger partial charge in [0.25, 0.3) is 5.91 Å². The van der Waals surface area contributed by atoms with E-state index in [4.69, 9.17) is 27.9 Å². The molecule has 0 aliphatic carbocycles. The van der Waals surface area contributed by atoms with Gasteiger partial charge in [0.05, 0.1) is 16.2 Å². The molecule has 7 heteroatoms. The number of aromatic nitrogens is 2. The van der Waals surface area contributed by atoms with Gasteiger partial charge in [-0.05, 0) is 48.7 Å². The van der Waals surface area contributed by atoms with Crippen molar-refractivity contribution in [2.45, 2.75) is 26.5 Å². The number of carbonyl (C=O) groups is 1. The Bertz CT molecular complexity index is 956. The summed E-state index contributed by atoms with van der Waals surface area (Å²) in [6.45, 7) is 3.56. The van der Waals surface area contributed by atoms with Gasteiger partial charge in [-0.1, -0.05) is 41.4 Å². The Kier molecular flexibility index (Phi) is 6.95. The Morgan fingerprint density at radius 1 is 1.21 bits per heavy atom. The average Bonchev–Trinajstić information content (AvgIpc) is 3.11. The molecule has 1 N–H and O–H groups in total. The maximum Gasteiger partial charge on any atom is 0.251 e. The van der Waals surface area contributed by atoms with Gasteiger partial charge in [-0.15, -0.1) is 0 Å². The Morgan fingerprint density at radius 3 is 2.86 bits per heavy atom. The van der Waals surface area contributed by atoms with Crippen molar-refractivity contribution in [3.8, 4) is 5.75 Å². The van der Waals surface area contributed by atoms with Crippen LogP contribution in [0.5, 0.6) is 5.75 Å². The smallest absolute Gasteiger partial charge is 0.251 e. The Hall–Kier alpha value is -2.50. The molecular formula is C21H21Cl2N3O2. The molecule has 0 saturated carbocycles. The number of aryl methyl sites for hydroxylation is 2. The zero-order valence-corrected chi connectivity index (χ0v) is 17.0. The van der Waals surface area contributed by atoms with Crippen LogP contribution < -0.4 is 10.1 Å². The van der Waals surface area contributed by atoms with E-state index in [1.165, 1.54) is 0 Å². The highest BCUT2D eigenvalue weighted by Crippen LogP contribution is 2.26. The highest BCUT2D eigenvalue weighted by Gasteiger charge is 2.07. The average molecular weight is 418 g/mol. The third-order valence-corrected chi connectivity index (χ3v) is 4.63. The zero-order chi connectivity index (χ0) is 19.9. The fraction of sp³-hybridized carbons (Fsp3) is 0.238. The summed E-state index contributed by atoms with van der Waals surface area (Å²) in [7, 11) is 0. The topological polar surface area (TPSA) is 56.1 Å². The normalized spacial score (nSPS) is 10.7. The second-order valence-corrected chi connectivity index (χ2v) is 7.30. The van der Waals surface area contributed by atoms with Gasteiger partial charge in [-0.2, -0.15) is 5.10 Å². The number of nitrogens with zero attached hydrogens (tertiary/aromatic N) is 2. The van der Waals surface area contributed by atoms with Crippen LogP contribution in [0.15, 0.2) is 54.9 Å². The lowest BCUT2D eigenvalue weighted by atomic mass is 10.1. The summed E-state index contributed by atoms with van der Waals surface area (Å²) in [6, 6.07) is 13.0. The Morgan fingerprint density at radius 2 is 2.07 bits per heavy atom. The maximum atomic E-state index is 12.4. The van der Waals surface area contributed by atoms with E-state index in [0.29, 0.717) is 41.1 Å². The van der Waals surface area contributed by atoms with E-state index in [0.717, 1.165) is 17.5 Å². The van der Waals surface area contributed by atoms with Crippen molar-refractivity contribution in [3.63, 3.8) is 0 Å². The van der Waals surface area contributed by atoms with Crippen LogP contribution >= 0.6 is 23.2 Å². The molecule has 3 rings (SSSR count). The quantitative estimate of drug-likeness (QED) is 0.530. The first-order valence-electron chi connectivity index (χ1n) is 8.95. The van der Waals surface area contributed by atoms with Crippen molar-refractivity contribution in [3.05, 3.63) is 81.6 Å². The molecule has 0 saturated heterocycles. The van der Waals surface area contributed by atoms with Crippen LogP contribution in [0.4, 0.5) is 0 Å². The standard InChI is InChI=1S/C21H21Cl2N3O2/c1-15-6-7-19(23)20(10-15)28-14-16-4-2-5-17(11-16)21(27)24-8-3-9-26-13-18(22)12-25-26/h2,4-7,10-13H,3,8-9,14H2,1H3,(H,24,27). The maximum absolute atomic E-state index is 12.4. The van der Waals surface area contributed by atoms with Gasteiger partial charge in [0.15, 0.2) is 0 Å². The molecule has 1 amide bonds. The molecule has 0 atom stereocenters. The lowest BCUT2D eigenvalue weighted by molar-refractivity contribution is 0.0952. The number of ether oxygens (including phenoxy) is 1. The fourth-order valence-corrected chi connectivity index (χ4v) is 3.02. The van der Waals surface area contributed by atoms with Gasteiger partial charge in [0.2, 0.25) is 0 Å². The molecule has 0 aliphatic rings. The summed E-state index contributed by atoms with van der Waals surface area (Å²) in [5.74, 6) is 0.518. The Labute approximate surface area is 174 Å². The van der Waals surface area contributed by atoms with Crippen LogP contribution in [0.25, 0.3) is 0 Å². The highest BCUT2D eigenvalue weighted by atomic mass is 35.5. The number of benzene rings is 2. The van der Waals surface area contributed by atoms with E-state index in [-0.39, 0.29) is 5.91 Å². The molecule has 1 heterocycles. The SMILES string of the molecule is Cc1ccc(Cl)c(OCc2cccc(C(=O)NCCCn3cc(Cl)cn3)c2)c1. The molecule has 2 aromatic carbocycles. The first-order valence-corrected chi connectivity index (χ1v) is 9.71. The van der Waals surface area contributed by atoms with Gasteiger partial charge >= 0.3 is 0 Å². The minimum Gasteiger partial charge on any atom is -0.487 e. The van der Waals surface area contributed by atoms with E-state index < -0.39 is 0 Å². The number of halogens is 2. The second-order valence-electron chi connectivity index (χ2n) is 6.45. The number of amides is 1. The van der Waals surface area contributed by atoms with Crippen LogP contribution in [0.1, 0.15) is 27.9 Å². The van der Waals surface area contributed by atoms with E-state index in [2.05, 4.69) is 10.4 Å². The van der Waals surface area contributed by atoms with Crippen LogP contribution in [0.2, 0.25) is 10.0 Å². The molecule has 1 aromatic heterocycles. The summed E-state index contributed by atoms with van der Waals surface area (Å²) in [5, 5.41) is 8.20. The van der Waals surface area contributed by atoms with Gasteiger partial charge < -0.3 is 10.1 Å². The van der Waals surface area contributed by atoms with Crippen LogP contribution in [0, 0.1) is 6.92 Å². The van der Waals surface area contributed by atoms with Crippen molar-refractivity contribution in [1.29, 1.82) is 0 Å². The van der Waals surface area contributed by atoms with Gasteiger partial charge in [-0.25, -0.2) is 0 Å². The monoisotopic (exact) mass is 417 g/mol. The predicted molar refractivity (Wildman–Crippen MR) is 111 cm³/mol. The lowest BCUT2D eigenvalue weighted by Crippen LogP contribution is -2.25. The zero-order valence-electron chi connectivity index (χ0n) is 15.5. The summed E-state index contributed by atoms with van der Waals surface area (Å²) in [4.78, 5) is 12.4. The third kappa shape index (κ3) is 5.75.